The lowest BCUT2D eigenvalue weighted by atomic mass is 10.1. The highest BCUT2D eigenvalue weighted by Gasteiger charge is 2.19. The van der Waals surface area contributed by atoms with Gasteiger partial charge in [-0.25, -0.2) is 0 Å². The molecule has 126 valence electrons. The fourth-order valence-corrected chi connectivity index (χ4v) is 2.94. The molecular formula is C19H21NO4. The minimum atomic E-state index is 0.0606. The lowest BCUT2D eigenvalue weighted by molar-refractivity contribution is 0.0905. The van der Waals surface area contributed by atoms with Gasteiger partial charge in [0.2, 0.25) is 6.79 Å². The molecule has 0 spiro atoms. The van der Waals surface area contributed by atoms with Crippen molar-refractivity contribution in [2.24, 2.45) is 0 Å². The van der Waals surface area contributed by atoms with Crippen molar-refractivity contribution in [1.29, 1.82) is 0 Å². The second-order valence-electron chi connectivity index (χ2n) is 5.99. The summed E-state index contributed by atoms with van der Waals surface area (Å²) >= 11 is 0. The molecular weight excluding hydrogens is 306 g/mol. The van der Waals surface area contributed by atoms with E-state index in [0.717, 1.165) is 48.9 Å². The van der Waals surface area contributed by atoms with Crippen LogP contribution < -0.4 is 24.3 Å². The first kappa shape index (κ1) is 15.1. The largest absolute Gasteiger partial charge is 0.486 e. The summed E-state index contributed by atoms with van der Waals surface area (Å²) in [6.45, 7) is 2.64. The van der Waals surface area contributed by atoms with Gasteiger partial charge in [-0.15, -0.1) is 0 Å². The van der Waals surface area contributed by atoms with Crippen molar-refractivity contribution < 1.29 is 18.9 Å². The summed E-state index contributed by atoms with van der Waals surface area (Å²) in [5, 5.41) is 3.45. The molecule has 0 saturated carbocycles. The Morgan fingerprint density at radius 1 is 0.917 bits per heavy atom. The van der Waals surface area contributed by atoms with Gasteiger partial charge in [-0.2, -0.15) is 0 Å². The molecule has 0 saturated heterocycles. The van der Waals surface area contributed by atoms with Gasteiger partial charge in [-0.1, -0.05) is 18.2 Å². The predicted octanol–water partition coefficient (Wildman–Crippen LogP) is 2.78. The molecule has 2 heterocycles. The second-order valence-corrected chi connectivity index (χ2v) is 5.99. The van der Waals surface area contributed by atoms with Gasteiger partial charge in [-0.3, -0.25) is 0 Å². The molecule has 0 aliphatic carbocycles. The number of nitrogens with one attached hydrogen (secondary N) is 1. The Hall–Kier alpha value is -2.40. The van der Waals surface area contributed by atoms with E-state index < -0.39 is 0 Å². The van der Waals surface area contributed by atoms with Crippen LogP contribution in [0.25, 0.3) is 0 Å². The topological polar surface area (TPSA) is 49.0 Å². The first-order valence-corrected chi connectivity index (χ1v) is 8.36. The number of hydrogen-bond acceptors (Lipinski definition) is 5. The fourth-order valence-electron chi connectivity index (χ4n) is 2.94. The molecule has 0 radical (unpaired) electrons. The molecule has 4 rings (SSSR count). The van der Waals surface area contributed by atoms with Crippen LogP contribution in [0.2, 0.25) is 0 Å². The Labute approximate surface area is 141 Å². The van der Waals surface area contributed by atoms with E-state index in [-0.39, 0.29) is 6.10 Å². The van der Waals surface area contributed by atoms with Crippen LogP contribution in [-0.4, -0.2) is 32.6 Å². The molecule has 1 unspecified atom stereocenters. The van der Waals surface area contributed by atoms with Crippen LogP contribution in [0.1, 0.15) is 12.0 Å². The Balaban J connectivity index is 1.18. The Morgan fingerprint density at radius 3 is 2.71 bits per heavy atom. The van der Waals surface area contributed by atoms with Gasteiger partial charge in [0.15, 0.2) is 23.0 Å². The van der Waals surface area contributed by atoms with Gasteiger partial charge in [-0.05, 0) is 49.2 Å². The minimum absolute atomic E-state index is 0.0606. The van der Waals surface area contributed by atoms with Crippen molar-refractivity contribution in [2.75, 3.05) is 26.5 Å². The molecule has 1 atom stereocenters. The maximum Gasteiger partial charge on any atom is 0.231 e. The monoisotopic (exact) mass is 327 g/mol. The Bertz CT molecular complexity index is 704. The van der Waals surface area contributed by atoms with Crippen molar-refractivity contribution >= 4 is 0 Å². The standard InChI is InChI=1S/C19H21NO4/c1-2-6-18-16(5-1)21-12-15(24-18)11-20-9-3-4-14-7-8-17-19(10-14)23-13-22-17/h1-2,5-8,10,15,20H,3-4,9,11-13H2. The van der Waals surface area contributed by atoms with E-state index in [1.165, 1.54) is 5.56 Å². The maximum atomic E-state index is 5.93. The Kier molecular flexibility index (Phi) is 4.42. The van der Waals surface area contributed by atoms with Gasteiger partial charge in [0.25, 0.3) is 0 Å². The van der Waals surface area contributed by atoms with E-state index in [1.807, 2.05) is 30.3 Å². The quantitative estimate of drug-likeness (QED) is 0.827. The number of hydrogen-bond donors (Lipinski definition) is 1. The molecule has 5 heteroatoms. The molecule has 2 aromatic carbocycles. The summed E-state index contributed by atoms with van der Waals surface area (Å²) in [5.41, 5.74) is 1.27. The predicted molar refractivity (Wildman–Crippen MR) is 90.1 cm³/mol. The van der Waals surface area contributed by atoms with Crippen molar-refractivity contribution in [2.45, 2.75) is 18.9 Å². The zero-order valence-corrected chi connectivity index (χ0v) is 13.5. The second kappa shape index (κ2) is 7.01. The van der Waals surface area contributed by atoms with Gasteiger partial charge >= 0.3 is 0 Å². The zero-order valence-electron chi connectivity index (χ0n) is 13.5. The number of aryl methyl sites for hydroxylation is 1. The van der Waals surface area contributed by atoms with Crippen LogP contribution in [0.3, 0.4) is 0 Å². The normalized spacial score (nSPS) is 17.8. The van der Waals surface area contributed by atoms with Gasteiger partial charge in [0.05, 0.1) is 0 Å². The number of ether oxygens (including phenoxy) is 4. The molecule has 1 N–H and O–H groups in total. The molecule has 0 fully saturated rings. The molecule has 5 nitrogen and oxygen atoms in total. The molecule has 0 aromatic heterocycles. The molecule has 2 aliphatic rings. The lowest BCUT2D eigenvalue weighted by Gasteiger charge is -2.26. The van der Waals surface area contributed by atoms with E-state index in [1.54, 1.807) is 0 Å². The van der Waals surface area contributed by atoms with E-state index in [2.05, 4.69) is 17.4 Å². The van der Waals surface area contributed by atoms with E-state index >= 15 is 0 Å². The molecule has 2 aliphatic heterocycles. The van der Waals surface area contributed by atoms with Crippen LogP contribution in [0.4, 0.5) is 0 Å². The highest BCUT2D eigenvalue weighted by atomic mass is 16.7. The molecule has 2 aromatic rings. The van der Waals surface area contributed by atoms with Crippen molar-refractivity contribution in [3.8, 4) is 23.0 Å². The van der Waals surface area contributed by atoms with Crippen LogP contribution in [0.15, 0.2) is 42.5 Å². The van der Waals surface area contributed by atoms with Gasteiger partial charge < -0.3 is 24.3 Å². The summed E-state index contributed by atoms with van der Waals surface area (Å²) in [4.78, 5) is 0. The number of para-hydroxylation sites is 2. The van der Waals surface area contributed by atoms with Crippen molar-refractivity contribution in [3.05, 3.63) is 48.0 Å². The zero-order chi connectivity index (χ0) is 16.2. The summed E-state index contributed by atoms with van der Waals surface area (Å²) < 4.78 is 22.4. The van der Waals surface area contributed by atoms with Crippen molar-refractivity contribution in [3.63, 3.8) is 0 Å². The molecule has 0 bridgehead atoms. The summed E-state index contributed by atoms with van der Waals surface area (Å²) in [6.07, 6.45) is 2.13. The SMILES string of the molecule is c1ccc2c(c1)OCC(CNCCCc1ccc3c(c1)OCO3)O2. The first-order valence-electron chi connectivity index (χ1n) is 8.36. The van der Waals surface area contributed by atoms with Crippen LogP contribution in [-0.2, 0) is 6.42 Å². The number of benzene rings is 2. The highest BCUT2D eigenvalue weighted by molar-refractivity contribution is 5.44. The van der Waals surface area contributed by atoms with E-state index in [9.17, 15) is 0 Å². The number of fused-ring (bicyclic) bond motifs is 2. The molecule has 24 heavy (non-hydrogen) atoms. The lowest BCUT2D eigenvalue weighted by Crippen LogP contribution is -2.38. The maximum absolute atomic E-state index is 5.93. The third-order valence-electron chi connectivity index (χ3n) is 4.20. The third kappa shape index (κ3) is 3.41. The average molecular weight is 327 g/mol. The fraction of sp³-hybridized carbons (Fsp3) is 0.368. The Morgan fingerprint density at radius 2 is 1.75 bits per heavy atom. The minimum Gasteiger partial charge on any atom is -0.486 e. The van der Waals surface area contributed by atoms with E-state index in [0.29, 0.717) is 13.4 Å². The highest BCUT2D eigenvalue weighted by Crippen LogP contribution is 2.33. The van der Waals surface area contributed by atoms with Gasteiger partial charge in [0, 0.05) is 6.54 Å². The van der Waals surface area contributed by atoms with Crippen molar-refractivity contribution in [1.82, 2.24) is 5.32 Å². The van der Waals surface area contributed by atoms with Crippen LogP contribution in [0.5, 0.6) is 23.0 Å². The first-order chi connectivity index (χ1) is 11.9. The number of rotatable bonds is 6. The average Bonchev–Trinajstić information content (AvgIpc) is 3.09. The molecule has 0 amide bonds. The van der Waals surface area contributed by atoms with Crippen LogP contribution >= 0.6 is 0 Å². The summed E-state index contributed by atoms with van der Waals surface area (Å²) in [5.74, 6) is 3.35. The van der Waals surface area contributed by atoms with Gasteiger partial charge in [0.1, 0.15) is 12.7 Å². The smallest absolute Gasteiger partial charge is 0.231 e. The van der Waals surface area contributed by atoms with E-state index in [4.69, 9.17) is 18.9 Å². The summed E-state index contributed by atoms with van der Waals surface area (Å²) in [7, 11) is 0. The summed E-state index contributed by atoms with van der Waals surface area (Å²) in [6, 6.07) is 13.9. The third-order valence-corrected chi connectivity index (χ3v) is 4.20. The van der Waals surface area contributed by atoms with Crippen LogP contribution in [0, 0.1) is 0 Å².